The maximum Gasteiger partial charge on any atom is 0.267 e. The number of nitrogens with two attached hydrogens (primary N) is 1. The monoisotopic (exact) mass is 455 g/mol. The minimum absolute atomic E-state index is 0.0953. The highest BCUT2D eigenvalue weighted by molar-refractivity contribution is 6.30. The normalized spacial score (nSPS) is 11.1. The van der Waals surface area contributed by atoms with Crippen molar-refractivity contribution in [1.29, 1.82) is 0 Å². The summed E-state index contributed by atoms with van der Waals surface area (Å²) < 4.78 is 3.28. The smallest absolute Gasteiger partial charge is 0.267 e. The molecule has 33 heavy (non-hydrogen) atoms. The van der Waals surface area contributed by atoms with Gasteiger partial charge in [-0.1, -0.05) is 48.0 Å². The first-order valence-electron chi connectivity index (χ1n) is 10.2. The number of rotatable bonds is 5. The molecule has 0 aliphatic heterocycles. The van der Waals surface area contributed by atoms with E-state index < -0.39 is 5.91 Å². The second-order valence-electron chi connectivity index (χ2n) is 7.49. The van der Waals surface area contributed by atoms with E-state index in [4.69, 9.17) is 22.3 Å². The number of aromatic nitrogens is 4. The number of pyridine rings is 1. The first kappa shape index (κ1) is 20.7. The third kappa shape index (κ3) is 3.90. The summed E-state index contributed by atoms with van der Waals surface area (Å²) in [6.45, 7) is 0.0953. The number of primary amides is 1. The molecule has 0 spiro atoms. The minimum Gasteiger partial charge on any atom is -0.368 e. The van der Waals surface area contributed by atoms with Crippen LogP contribution in [-0.2, 0) is 11.3 Å². The standard InChI is InChI=1S/C25H18ClN5O2/c26-18-11-12-23(28-14-18)31-24(29-20-5-2-1-4-19(20)25(31)33)17-9-7-16(8-10-17)21-6-3-13-30(21)15-22(27)32/h1-14H,15H2,(H2,27,32). The number of hydrogen-bond acceptors (Lipinski definition) is 4. The molecule has 3 aromatic heterocycles. The number of amides is 1. The maximum absolute atomic E-state index is 13.4. The molecule has 5 rings (SSSR count). The van der Waals surface area contributed by atoms with Gasteiger partial charge in [-0.15, -0.1) is 0 Å². The third-order valence-electron chi connectivity index (χ3n) is 5.31. The van der Waals surface area contributed by atoms with E-state index in [1.54, 1.807) is 28.8 Å². The Morgan fingerprint density at radius 3 is 2.42 bits per heavy atom. The van der Waals surface area contributed by atoms with Crippen LogP contribution < -0.4 is 11.3 Å². The molecule has 0 aliphatic rings. The van der Waals surface area contributed by atoms with Crippen LogP contribution in [0.25, 0.3) is 39.4 Å². The van der Waals surface area contributed by atoms with Gasteiger partial charge in [0.1, 0.15) is 18.2 Å². The number of hydrogen-bond donors (Lipinski definition) is 1. The van der Waals surface area contributed by atoms with Crippen LogP contribution in [0.15, 0.2) is 90.0 Å². The van der Waals surface area contributed by atoms with Crippen molar-refractivity contribution < 1.29 is 4.79 Å². The summed E-state index contributed by atoms with van der Waals surface area (Å²) in [6, 6.07) is 22.0. The number of nitrogens with zero attached hydrogens (tertiary/aromatic N) is 4. The van der Waals surface area contributed by atoms with E-state index in [-0.39, 0.29) is 12.1 Å². The number of para-hydroxylation sites is 1. The molecule has 0 radical (unpaired) electrons. The molecule has 0 aliphatic carbocycles. The predicted molar refractivity (Wildman–Crippen MR) is 128 cm³/mol. The maximum atomic E-state index is 13.4. The summed E-state index contributed by atoms with van der Waals surface area (Å²) in [5.41, 5.74) is 8.25. The Bertz CT molecular complexity index is 1540. The largest absolute Gasteiger partial charge is 0.368 e. The van der Waals surface area contributed by atoms with E-state index in [2.05, 4.69) is 4.98 Å². The summed E-state index contributed by atoms with van der Waals surface area (Å²) in [5, 5.41) is 0.976. The first-order chi connectivity index (χ1) is 16.0. The highest BCUT2D eigenvalue weighted by Gasteiger charge is 2.16. The summed E-state index contributed by atoms with van der Waals surface area (Å²) in [5.74, 6) is 0.480. The van der Waals surface area contributed by atoms with Crippen LogP contribution in [-0.4, -0.2) is 25.0 Å². The van der Waals surface area contributed by atoms with Crippen LogP contribution in [0.4, 0.5) is 0 Å². The van der Waals surface area contributed by atoms with E-state index in [0.29, 0.717) is 27.6 Å². The molecule has 3 heterocycles. The van der Waals surface area contributed by atoms with E-state index in [1.165, 1.54) is 10.8 Å². The lowest BCUT2D eigenvalue weighted by Crippen LogP contribution is -2.22. The highest BCUT2D eigenvalue weighted by atomic mass is 35.5. The molecule has 2 N–H and O–H groups in total. The van der Waals surface area contributed by atoms with Gasteiger partial charge in [-0.25, -0.2) is 14.5 Å². The molecular formula is C25H18ClN5O2. The second-order valence-corrected chi connectivity index (χ2v) is 7.93. The SMILES string of the molecule is NC(=O)Cn1cccc1-c1ccc(-c2nc3ccccc3c(=O)n2-c2ccc(Cl)cn2)cc1. The predicted octanol–water partition coefficient (Wildman–Crippen LogP) is 4.05. The van der Waals surface area contributed by atoms with Crippen LogP contribution >= 0.6 is 11.6 Å². The van der Waals surface area contributed by atoms with Crippen molar-refractivity contribution in [2.75, 3.05) is 0 Å². The van der Waals surface area contributed by atoms with Crippen molar-refractivity contribution >= 4 is 28.4 Å². The quantitative estimate of drug-likeness (QED) is 0.432. The zero-order valence-corrected chi connectivity index (χ0v) is 18.1. The fourth-order valence-corrected chi connectivity index (χ4v) is 3.92. The van der Waals surface area contributed by atoms with Gasteiger partial charge in [-0.2, -0.15) is 0 Å². The number of carbonyl (C=O) groups excluding carboxylic acids is 1. The lowest BCUT2D eigenvalue weighted by atomic mass is 10.1. The summed E-state index contributed by atoms with van der Waals surface area (Å²) in [6.07, 6.45) is 3.31. The molecule has 8 heteroatoms. The zero-order valence-electron chi connectivity index (χ0n) is 17.4. The van der Waals surface area contributed by atoms with Crippen molar-refractivity contribution in [3.63, 3.8) is 0 Å². The zero-order chi connectivity index (χ0) is 22.9. The Morgan fingerprint density at radius 1 is 0.939 bits per heavy atom. The van der Waals surface area contributed by atoms with E-state index in [0.717, 1.165) is 16.8 Å². The number of halogens is 1. The fraction of sp³-hybridized carbons (Fsp3) is 0.0400. The average molecular weight is 456 g/mol. The third-order valence-corrected chi connectivity index (χ3v) is 5.53. The summed E-state index contributed by atoms with van der Waals surface area (Å²) in [7, 11) is 0. The number of fused-ring (bicyclic) bond motifs is 1. The van der Waals surface area contributed by atoms with Crippen molar-refractivity contribution in [2.24, 2.45) is 5.73 Å². The van der Waals surface area contributed by atoms with Gasteiger partial charge < -0.3 is 10.3 Å². The van der Waals surface area contributed by atoms with Gasteiger partial charge in [-0.3, -0.25) is 9.59 Å². The molecule has 0 fully saturated rings. The van der Waals surface area contributed by atoms with Gasteiger partial charge >= 0.3 is 0 Å². The van der Waals surface area contributed by atoms with Gasteiger partial charge in [0.15, 0.2) is 0 Å². The molecule has 0 saturated carbocycles. The average Bonchev–Trinajstić information content (AvgIpc) is 3.27. The Kier molecular flexibility index (Phi) is 5.24. The Hall–Kier alpha value is -4.23. The molecule has 0 atom stereocenters. The first-order valence-corrected chi connectivity index (χ1v) is 10.6. The van der Waals surface area contributed by atoms with Gasteiger partial charge in [-0.05, 0) is 42.0 Å². The minimum atomic E-state index is -0.413. The van der Waals surface area contributed by atoms with Crippen molar-refractivity contribution in [2.45, 2.75) is 6.54 Å². The van der Waals surface area contributed by atoms with Crippen LogP contribution in [0.3, 0.4) is 0 Å². The van der Waals surface area contributed by atoms with E-state index in [9.17, 15) is 9.59 Å². The van der Waals surface area contributed by atoms with Crippen molar-refractivity contribution in [3.8, 4) is 28.5 Å². The molecular weight excluding hydrogens is 438 g/mol. The Labute approximate surface area is 193 Å². The van der Waals surface area contributed by atoms with E-state index >= 15 is 0 Å². The van der Waals surface area contributed by atoms with Crippen molar-refractivity contribution in [3.05, 3.63) is 101 Å². The Morgan fingerprint density at radius 2 is 1.70 bits per heavy atom. The molecule has 0 unspecified atom stereocenters. The highest BCUT2D eigenvalue weighted by Crippen LogP contribution is 2.26. The number of benzene rings is 2. The molecule has 7 nitrogen and oxygen atoms in total. The lowest BCUT2D eigenvalue weighted by Gasteiger charge is -2.14. The second kappa shape index (κ2) is 8.37. The molecule has 1 amide bonds. The van der Waals surface area contributed by atoms with Crippen molar-refractivity contribution in [1.82, 2.24) is 19.1 Å². The lowest BCUT2D eigenvalue weighted by molar-refractivity contribution is -0.118. The Balaban J connectivity index is 1.66. The molecule has 5 aromatic rings. The topological polar surface area (TPSA) is 95.8 Å². The molecule has 2 aromatic carbocycles. The number of carbonyl (C=O) groups is 1. The molecule has 0 saturated heterocycles. The van der Waals surface area contributed by atoms with Gasteiger partial charge in [0.2, 0.25) is 5.91 Å². The van der Waals surface area contributed by atoms with Crippen LogP contribution in [0.5, 0.6) is 0 Å². The van der Waals surface area contributed by atoms with Crippen LogP contribution in [0, 0.1) is 0 Å². The summed E-state index contributed by atoms with van der Waals surface area (Å²) in [4.78, 5) is 33.9. The fourth-order valence-electron chi connectivity index (χ4n) is 3.81. The van der Waals surface area contributed by atoms with Crippen LogP contribution in [0.1, 0.15) is 0 Å². The van der Waals surface area contributed by atoms with Gasteiger partial charge in [0.05, 0.1) is 15.9 Å². The molecule has 162 valence electrons. The molecule has 0 bridgehead atoms. The van der Waals surface area contributed by atoms with E-state index in [1.807, 2.05) is 54.7 Å². The van der Waals surface area contributed by atoms with Gasteiger partial charge in [0.25, 0.3) is 5.56 Å². The van der Waals surface area contributed by atoms with Crippen LogP contribution in [0.2, 0.25) is 5.02 Å². The van der Waals surface area contributed by atoms with Gasteiger partial charge in [0, 0.05) is 23.7 Å². The summed E-state index contributed by atoms with van der Waals surface area (Å²) >= 11 is 6.00.